The Balaban J connectivity index is 3.24. The third-order valence-corrected chi connectivity index (χ3v) is 2.89. The van der Waals surface area contributed by atoms with Gasteiger partial charge in [0, 0.05) is 4.83 Å². The van der Waals surface area contributed by atoms with E-state index in [1.165, 1.54) is 19.3 Å². The minimum atomic E-state index is -1.17. The second kappa shape index (κ2) is 8.95. The average molecular weight is 254 g/mol. The van der Waals surface area contributed by atoms with Crippen LogP contribution in [-0.4, -0.2) is 17.6 Å². The molecule has 0 aromatic rings. The fourth-order valence-corrected chi connectivity index (χ4v) is 1.99. The summed E-state index contributed by atoms with van der Waals surface area (Å²) in [4.78, 5) is 0.188. The van der Waals surface area contributed by atoms with E-state index in [1.54, 1.807) is 0 Å². The summed E-state index contributed by atoms with van der Waals surface area (Å²) in [5.41, 5.74) is 0. The van der Waals surface area contributed by atoms with Crippen LogP contribution in [0.4, 0.5) is 4.39 Å². The lowest BCUT2D eigenvalue weighted by atomic mass is 10.1. The highest BCUT2D eigenvalue weighted by atomic mass is 79.9. The molecule has 0 fully saturated rings. The van der Waals surface area contributed by atoms with Gasteiger partial charge in [0.2, 0.25) is 0 Å². The lowest BCUT2D eigenvalue weighted by molar-refractivity contribution is 0.109. The van der Waals surface area contributed by atoms with Crippen LogP contribution in [0.25, 0.3) is 0 Å². The zero-order valence-electron chi connectivity index (χ0n) is 8.27. The van der Waals surface area contributed by atoms with Gasteiger partial charge in [-0.1, -0.05) is 48.5 Å². The SMILES string of the molecule is CCCCCCC(Br)CC(F)C[O]. The van der Waals surface area contributed by atoms with E-state index in [9.17, 15) is 9.50 Å². The number of halogens is 2. The zero-order chi connectivity index (χ0) is 10.1. The number of hydrogen-bond acceptors (Lipinski definition) is 0. The van der Waals surface area contributed by atoms with E-state index in [0.717, 1.165) is 12.8 Å². The maximum atomic E-state index is 12.6. The largest absolute Gasteiger partial charge is 0.245 e. The van der Waals surface area contributed by atoms with Crippen molar-refractivity contribution < 1.29 is 9.50 Å². The predicted octanol–water partition coefficient (Wildman–Crippen LogP) is 3.88. The van der Waals surface area contributed by atoms with Gasteiger partial charge in [-0.2, -0.15) is 0 Å². The van der Waals surface area contributed by atoms with Gasteiger partial charge in [-0.25, -0.2) is 9.50 Å². The van der Waals surface area contributed by atoms with Gasteiger partial charge in [0.25, 0.3) is 0 Å². The molecular formula is C10H19BrFO. The Morgan fingerprint density at radius 2 is 2.00 bits per heavy atom. The summed E-state index contributed by atoms with van der Waals surface area (Å²) in [7, 11) is 0. The summed E-state index contributed by atoms with van der Waals surface area (Å²) in [5.74, 6) is 0. The molecular weight excluding hydrogens is 235 g/mol. The van der Waals surface area contributed by atoms with E-state index in [0.29, 0.717) is 6.42 Å². The second-order valence-electron chi connectivity index (χ2n) is 3.45. The molecule has 0 N–H and O–H groups in total. The minimum Gasteiger partial charge on any atom is -0.245 e. The zero-order valence-corrected chi connectivity index (χ0v) is 9.85. The van der Waals surface area contributed by atoms with Crippen LogP contribution < -0.4 is 0 Å². The highest BCUT2D eigenvalue weighted by molar-refractivity contribution is 9.09. The van der Waals surface area contributed by atoms with Crippen LogP contribution >= 0.6 is 15.9 Å². The molecule has 79 valence electrons. The van der Waals surface area contributed by atoms with Crippen molar-refractivity contribution in [3.05, 3.63) is 0 Å². The van der Waals surface area contributed by atoms with E-state index in [2.05, 4.69) is 22.9 Å². The molecule has 0 saturated heterocycles. The fourth-order valence-electron chi connectivity index (χ4n) is 1.26. The molecule has 0 heterocycles. The lowest BCUT2D eigenvalue weighted by Crippen LogP contribution is -2.12. The number of unbranched alkanes of at least 4 members (excludes halogenated alkanes) is 3. The third-order valence-electron chi connectivity index (χ3n) is 2.06. The Morgan fingerprint density at radius 3 is 2.54 bits per heavy atom. The van der Waals surface area contributed by atoms with Crippen LogP contribution in [0.5, 0.6) is 0 Å². The summed E-state index contributed by atoms with van der Waals surface area (Å²) in [5, 5.41) is 10.1. The third kappa shape index (κ3) is 8.69. The molecule has 1 radical (unpaired) electrons. The first-order valence-corrected chi connectivity index (χ1v) is 5.98. The summed E-state index contributed by atoms with van der Waals surface area (Å²) in [6.07, 6.45) is 5.01. The molecule has 0 aromatic heterocycles. The number of rotatable bonds is 8. The van der Waals surface area contributed by atoms with Crippen molar-refractivity contribution in [1.82, 2.24) is 0 Å². The second-order valence-corrected chi connectivity index (χ2v) is 4.74. The summed E-state index contributed by atoms with van der Waals surface area (Å²) >= 11 is 3.39. The summed E-state index contributed by atoms with van der Waals surface area (Å²) < 4.78 is 12.6. The number of hydrogen-bond donors (Lipinski definition) is 0. The van der Waals surface area contributed by atoms with Gasteiger partial charge in [0.15, 0.2) is 0 Å². The molecule has 2 unspecified atom stereocenters. The highest BCUT2D eigenvalue weighted by Gasteiger charge is 2.12. The van der Waals surface area contributed by atoms with E-state index >= 15 is 0 Å². The standard InChI is InChI=1S/C10H19BrFO/c1-2-3-4-5-6-9(11)7-10(12)8-13/h9-10H,2-8H2,1H3. The molecule has 1 nitrogen and oxygen atoms in total. The lowest BCUT2D eigenvalue weighted by Gasteiger charge is -2.10. The smallest absolute Gasteiger partial charge is 0.128 e. The van der Waals surface area contributed by atoms with Crippen LogP contribution in [0.15, 0.2) is 0 Å². The van der Waals surface area contributed by atoms with Gasteiger partial charge in [-0.05, 0) is 12.8 Å². The first-order chi connectivity index (χ1) is 6.20. The highest BCUT2D eigenvalue weighted by Crippen LogP contribution is 2.18. The normalized spacial score (nSPS) is 15.7. The minimum absolute atomic E-state index is 0.188. The molecule has 0 aliphatic rings. The summed E-state index contributed by atoms with van der Waals surface area (Å²) in [6, 6.07) is 0. The van der Waals surface area contributed by atoms with E-state index in [1.807, 2.05) is 0 Å². The quantitative estimate of drug-likeness (QED) is 0.462. The van der Waals surface area contributed by atoms with Crippen molar-refractivity contribution in [2.24, 2.45) is 0 Å². The van der Waals surface area contributed by atoms with Crippen molar-refractivity contribution in [3.8, 4) is 0 Å². The van der Waals surface area contributed by atoms with Gasteiger partial charge >= 0.3 is 0 Å². The molecule has 0 aromatic carbocycles. The van der Waals surface area contributed by atoms with Crippen LogP contribution in [0.2, 0.25) is 0 Å². The Bertz CT molecular complexity index is 111. The Morgan fingerprint density at radius 1 is 1.31 bits per heavy atom. The Kier molecular flexibility index (Phi) is 9.20. The van der Waals surface area contributed by atoms with Gasteiger partial charge in [-0.3, -0.25) is 0 Å². The molecule has 0 amide bonds. The molecule has 0 aliphatic heterocycles. The van der Waals surface area contributed by atoms with E-state index < -0.39 is 12.8 Å². The Labute approximate surface area is 88.9 Å². The van der Waals surface area contributed by atoms with Gasteiger partial charge in [0.1, 0.15) is 12.8 Å². The van der Waals surface area contributed by atoms with Crippen molar-refractivity contribution >= 4 is 15.9 Å². The first-order valence-electron chi connectivity index (χ1n) is 5.07. The van der Waals surface area contributed by atoms with Crippen molar-refractivity contribution in [3.63, 3.8) is 0 Å². The van der Waals surface area contributed by atoms with E-state index in [4.69, 9.17) is 0 Å². The predicted molar refractivity (Wildman–Crippen MR) is 56.5 cm³/mol. The summed E-state index contributed by atoms with van der Waals surface area (Å²) in [6.45, 7) is 1.57. The van der Waals surface area contributed by atoms with E-state index in [-0.39, 0.29) is 4.83 Å². The molecule has 0 aliphatic carbocycles. The van der Waals surface area contributed by atoms with Crippen molar-refractivity contribution in [2.75, 3.05) is 6.61 Å². The van der Waals surface area contributed by atoms with Crippen LogP contribution in [0.1, 0.15) is 45.4 Å². The van der Waals surface area contributed by atoms with Crippen molar-refractivity contribution in [2.45, 2.75) is 56.4 Å². The van der Waals surface area contributed by atoms with Crippen LogP contribution in [0.3, 0.4) is 0 Å². The molecule has 3 heteroatoms. The topological polar surface area (TPSA) is 19.9 Å². The van der Waals surface area contributed by atoms with Gasteiger partial charge in [-0.15, -0.1) is 0 Å². The number of alkyl halides is 2. The molecule has 2 atom stereocenters. The van der Waals surface area contributed by atoms with Crippen LogP contribution in [-0.2, 0) is 5.11 Å². The molecule has 0 bridgehead atoms. The van der Waals surface area contributed by atoms with Crippen LogP contribution in [0, 0.1) is 0 Å². The fraction of sp³-hybridized carbons (Fsp3) is 1.00. The average Bonchev–Trinajstić information content (AvgIpc) is 2.12. The van der Waals surface area contributed by atoms with Gasteiger partial charge in [0.05, 0.1) is 0 Å². The maximum Gasteiger partial charge on any atom is 0.128 e. The van der Waals surface area contributed by atoms with Gasteiger partial charge < -0.3 is 0 Å². The molecule has 0 rings (SSSR count). The van der Waals surface area contributed by atoms with Crippen molar-refractivity contribution in [1.29, 1.82) is 0 Å². The molecule has 13 heavy (non-hydrogen) atoms. The first kappa shape index (κ1) is 13.4. The monoisotopic (exact) mass is 253 g/mol. The molecule has 0 saturated carbocycles. The maximum absolute atomic E-state index is 12.6. The Hall–Kier alpha value is 0.370. The molecule has 0 spiro atoms.